The quantitative estimate of drug-likeness (QED) is 0.461. The van der Waals surface area contributed by atoms with Crippen molar-refractivity contribution in [2.45, 2.75) is 45.6 Å². The Morgan fingerprint density at radius 3 is 2.08 bits per heavy atom. The van der Waals surface area contributed by atoms with Gasteiger partial charge >= 0.3 is 0 Å². The van der Waals surface area contributed by atoms with Crippen LogP contribution in [0.15, 0.2) is 0 Å². The number of hydrogen-bond donors (Lipinski definition) is 2. The molecule has 0 heterocycles. The second kappa shape index (κ2) is 2.24. The number of nitrogens with one attached hydrogen (secondary N) is 1. The molecular formula is C10H20N2. The topological polar surface area (TPSA) is 38.0 Å². The van der Waals surface area contributed by atoms with Gasteiger partial charge in [0.15, 0.2) is 0 Å². The van der Waals surface area contributed by atoms with Gasteiger partial charge in [-0.1, -0.05) is 13.8 Å². The van der Waals surface area contributed by atoms with Crippen LogP contribution in [-0.2, 0) is 0 Å². The van der Waals surface area contributed by atoms with E-state index < -0.39 is 0 Å². The third kappa shape index (κ3) is 0.728. The fraction of sp³-hybridized carbons (Fsp3) is 1.00. The van der Waals surface area contributed by atoms with Crippen molar-refractivity contribution in [3.8, 4) is 0 Å². The highest BCUT2D eigenvalue weighted by molar-refractivity contribution is 5.13. The van der Waals surface area contributed by atoms with Crippen molar-refractivity contribution in [3.05, 3.63) is 0 Å². The normalized spacial score (nSPS) is 50.0. The van der Waals surface area contributed by atoms with Gasteiger partial charge in [0.2, 0.25) is 0 Å². The summed E-state index contributed by atoms with van der Waals surface area (Å²) in [4.78, 5) is 0. The Balaban J connectivity index is 2.34. The molecule has 0 aliphatic heterocycles. The molecule has 2 aliphatic rings. The van der Waals surface area contributed by atoms with Gasteiger partial charge in [-0.15, -0.1) is 0 Å². The minimum absolute atomic E-state index is 0.177. The molecule has 0 aromatic carbocycles. The number of nitrogens with two attached hydrogens (primary N) is 1. The van der Waals surface area contributed by atoms with Crippen LogP contribution in [0.25, 0.3) is 0 Å². The summed E-state index contributed by atoms with van der Waals surface area (Å²) in [6.07, 6.45) is 4.16. The Morgan fingerprint density at radius 1 is 1.17 bits per heavy atom. The Kier molecular flexibility index (Phi) is 1.59. The second-order valence-corrected chi connectivity index (χ2v) is 5.28. The van der Waals surface area contributed by atoms with Crippen molar-refractivity contribution in [1.82, 2.24) is 5.43 Å². The highest BCUT2D eigenvalue weighted by Crippen LogP contribution is 2.60. The third-order valence-electron chi connectivity index (χ3n) is 4.91. The number of fused-ring (bicyclic) bond motifs is 2. The second-order valence-electron chi connectivity index (χ2n) is 5.28. The Bertz CT molecular complexity index is 200. The van der Waals surface area contributed by atoms with E-state index in [0.29, 0.717) is 5.41 Å². The predicted octanol–water partition coefficient (Wildman–Crippen LogP) is 1.66. The van der Waals surface area contributed by atoms with E-state index in [1.54, 1.807) is 0 Å². The van der Waals surface area contributed by atoms with Crippen molar-refractivity contribution < 1.29 is 0 Å². The van der Waals surface area contributed by atoms with E-state index in [9.17, 15) is 0 Å². The van der Waals surface area contributed by atoms with Crippen molar-refractivity contribution in [1.29, 1.82) is 0 Å². The summed E-state index contributed by atoms with van der Waals surface area (Å²) >= 11 is 0. The smallest absolute Gasteiger partial charge is 0.0374 e. The number of hydrazine groups is 1. The lowest BCUT2D eigenvalue weighted by atomic mass is 9.64. The van der Waals surface area contributed by atoms with Crippen LogP contribution < -0.4 is 11.3 Å². The third-order valence-corrected chi connectivity index (χ3v) is 4.91. The molecule has 0 aromatic heterocycles. The van der Waals surface area contributed by atoms with E-state index in [1.807, 2.05) is 0 Å². The van der Waals surface area contributed by atoms with Crippen LogP contribution >= 0.6 is 0 Å². The van der Waals surface area contributed by atoms with Crippen LogP contribution in [0.5, 0.6) is 0 Å². The minimum Gasteiger partial charge on any atom is -0.271 e. The summed E-state index contributed by atoms with van der Waals surface area (Å²) in [5.41, 5.74) is 3.62. The Morgan fingerprint density at radius 2 is 1.75 bits per heavy atom. The summed E-state index contributed by atoms with van der Waals surface area (Å²) in [6, 6.07) is 0. The van der Waals surface area contributed by atoms with Gasteiger partial charge in [0, 0.05) is 5.54 Å². The van der Waals surface area contributed by atoms with Crippen LogP contribution in [0.4, 0.5) is 0 Å². The maximum Gasteiger partial charge on any atom is 0.0374 e. The zero-order chi connectivity index (χ0) is 8.98. The van der Waals surface area contributed by atoms with E-state index in [1.165, 1.54) is 19.3 Å². The van der Waals surface area contributed by atoms with Crippen LogP contribution in [0, 0.1) is 17.3 Å². The van der Waals surface area contributed by atoms with Gasteiger partial charge < -0.3 is 0 Å². The zero-order valence-electron chi connectivity index (χ0n) is 8.35. The van der Waals surface area contributed by atoms with Crippen LogP contribution in [0.2, 0.25) is 0 Å². The van der Waals surface area contributed by atoms with Crippen molar-refractivity contribution >= 4 is 0 Å². The van der Waals surface area contributed by atoms with E-state index in [4.69, 9.17) is 5.84 Å². The highest BCUT2D eigenvalue weighted by atomic mass is 15.3. The van der Waals surface area contributed by atoms with Crippen molar-refractivity contribution in [2.24, 2.45) is 23.1 Å². The van der Waals surface area contributed by atoms with Gasteiger partial charge in [0.25, 0.3) is 0 Å². The van der Waals surface area contributed by atoms with Gasteiger partial charge in [-0.2, -0.15) is 0 Å². The SMILES string of the molecule is CC1(C)C2CCC(C2)C1(C)NN. The number of rotatable bonds is 1. The summed E-state index contributed by atoms with van der Waals surface area (Å²) in [5.74, 6) is 7.38. The molecule has 0 amide bonds. The lowest BCUT2D eigenvalue weighted by molar-refractivity contribution is 0.0664. The average Bonchev–Trinajstić information content (AvgIpc) is 2.55. The molecule has 70 valence electrons. The fourth-order valence-corrected chi connectivity index (χ4v) is 3.42. The maximum absolute atomic E-state index is 5.68. The first-order valence-electron chi connectivity index (χ1n) is 5.00. The van der Waals surface area contributed by atoms with Crippen molar-refractivity contribution in [3.63, 3.8) is 0 Å². The lowest BCUT2D eigenvalue weighted by Gasteiger charge is -2.47. The van der Waals surface area contributed by atoms with E-state index in [-0.39, 0.29) is 5.54 Å². The van der Waals surface area contributed by atoms with Crippen molar-refractivity contribution in [2.75, 3.05) is 0 Å². The summed E-state index contributed by atoms with van der Waals surface area (Å²) in [7, 11) is 0. The first kappa shape index (κ1) is 8.52. The molecule has 2 bridgehead atoms. The monoisotopic (exact) mass is 168 g/mol. The fourth-order valence-electron chi connectivity index (χ4n) is 3.42. The molecule has 0 saturated heterocycles. The zero-order valence-corrected chi connectivity index (χ0v) is 8.35. The molecule has 2 aliphatic carbocycles. The minimum atomic E-state index is 0.177. The maximum atomic E-state index is 5.68. The van der Waals surface area contributed by atoms with E-state index in [2.05, 4.69) is 26.2 Å². The molecule has 0 radical (unpaired) electrons. The highest BCUT2D eigenvalue weighted by Gasteiger charge is 2.59. The molecule has 3 N–H and O–H groups in total. The lowest BCUT2D eigenvalue weighted by Crippen LogP contribution is -2.60. The van der Waals surface area contributed by atoms with E-state index >= 15 is 0 Å². The Labute approximate surface area is 74.9 Å². The summed E-state index contributed by atoms with van der Waals surface area (Å²) in [6.45, 7) is 7.00. The van der Waals surface area contributed by atoms with Gasteiger partial charge in [-0.3, -0.25) is 11.3 Å². The standard InChI is InChI=1S/C10H20N2/c1-9(2)7-4-5-8(6-7)10(9,3)12-11/h7-8,12H,4-6,11H2,1-3H3. The summed E-state index contributed by atoms with van der Waals surface area (Å²) < 4.78 is 0. The molecule has 2 fully saturated rings. The average molecular weight is 168 g/mol. The predicted molar refractivity (Wildman–Crippen MR) is 50.3 cm³/mol. The number of hydrogen-bond acceptors (Lipinski definition) is 2. The molecule has 2 nitrogen and oxygen atoms in total. The van der Waals surface area contributed by atoms with Crippen LogP contribution in [-0.4, -0.2) is 5.54 Å². The largest absolute Gasteiger partial charge is 0.271 e. The Hall–Kier alpha value is -0.0800. The van der Waals surface area contributed by atoms with Crippen LogP contribution in [0.3, 0.4) is 0 Å². The molecule has 2 rings (SSSR count). The molecule has 3 atom stereocenters. The molecule has 3 unspecified atom stereocenters. The van der Waals surface area contributed by atoms with Gasteiger partial charge in [-0.05, 0) is 43.4 Å². The molecular weight excluding hydrogens is 148 g/mol. The first-order chi connectivity index (χ1) is 5.52. The molecule has 2 heteroatoms. The van der Waals surface area contributed by atoms with E-state index in [0.717, 1.165) is 11.8 Å². The molecule has 2 saturated carbocycles. The summed E-state index contributed by atoms with van der Waals surface area (Å²) in [5, 5.41) is 0. The van der Waals surface area contributed by atoms with Gasteiger partial charge in [0.05, 0.1) is 0 Å². The molecule has 0 aromatic rings. The molecule has 12 heavy (non-hydrogen) atoms. The van der Waals surface area contributed by atoms with Gasteiger partial charge in [-0.25, -0.2) is 0 Å². The van der Waals surface area contributed by atoms with Crippen LogP contribution in [0.1, 0.15) is 40.0 Å². The van der Waals surface area contributed by atoms with Gasteiger partial charge in [0.1, 0.15) is 0 Å². The molecule has 0 spiro atoms. The first-order valence-corrected chi connectivity index (χ1v) is 5.00.